The Morgan fingerprint density at radius 3 is 2.07 bits per heavy atom. The van der Waals surface area contributed by atoms with E-state index in [4.69, 9.17) is 5.73 Å². The minimum atomic E-state index is -4.22. The predicted molar refractivity (Wildman–Crippen MR) is 48.9 cm³/mol. The molecule has 1 aliphatic rings. The molecule has 1 saturated carbocycles. The van der Waals surface area contributed by atoms with E-state index >= 15 is 0 Å². The smallest absolute Gasteiger partial charge is 0.326 e. The zero-order chi connectivity index (χ0) is 10.9. The van der Waals surface area contributed by atoms with Crippen molar-refractivity contribution < 1.29 is 13.2 Å². The Kier molecular flexibility index (Phi) is 3.42. The zero-order valence-corrected chi connectivity index (χ0v) is 8.51. The van der Waals surface area contributed by atoms with E-state index in [1.54, 1.807) is 0 Å². The van der Waals surface area contributed by atoms with Crippen molar-refractivity contribution in [2.24, 2.45) is 5.73 Å². The normalized spacial score (nSPS) is 23.4. The fourth-order valence-corrected chi connectivity index (χ4v) is 1.92. The largest absolute Gasteiger partial charge is 0.405 e. The average molecular weight is 210 g/mol. The molecular formula is C9H17F3N2. The van der Waals surface area contributed by atoms with Gasteiger partial charge in [-0.1, -0.05) is 6.42 Å². The third kappa shape index (κ3) is 2.39. The van der Waals surface area contributed by atoms with Gasteiger partial charge in [-0.15, -0.1) is 0 Å². The molecule has 2 atom stereocenters. The van der Waals surface area contributed by atoms with Crippen LogP contribution in [0.1, 0.15) is 26.2 Å². The Hall–Kier alpha value is -0.290. The number of nitrogens with two attached hydrogens (primary N) is 1. The van der Waals surface area contributed by atoms with Crippen molar-refractivity contribution in [1.82, 2.24) is 4.90 Å². The summed E-state index contributed by atoms with van der Waals surface area (Å²) in [5.41, 5.74) is 5.38. The van der Waals surface area contributed by atoms with Gasteiger partial charge in [-0.2, -0.15) is 13.2 Å². The van der Waals surface area contributed by atoms with E-state index < -0.39 is 18.3 Å². The van der Waals surface area contributed by atoms with Crippen LogP contribution < -0.4 is 5.73 Å². The van der Waals surface area contributed by atoms with Crippen molar-refractivity contribution in [3.05, 3.63) is 0 Å². The first-order chi connectivity index (χ1) is 6.34. The summed E-state index contributed by atoms with van der Waals surface area (Å²) in [6.07, 6.45) is -1.48. The van der Waals surface area contributed by atoms with Gasteiger partial charge < -0.3 is 5.73 Å². The SMILES string of the molecule is CC(N)C(N(C)C1CCC1)C(F)(F)F. The minimum absolute atomic E-state index is 0.0626. The Bertz CT molecular complexity index is 187. The third-order valence-electron chi connectivity index (χ3n) is 2.92. The summed E-state index contributed by atoms with van der Waals surface area (Å²) in [4.78, 5) is 1.38. The van der Waals surface area contributed by atoms with Gasteiger partial charge in [-0.3, -0.25) is 4.90 Å². The van der Waals surface area contributed by atoms with E-state index in [0.29, 0.717) is 0 Å². The summed E-state index contributed by atoms with van der Waals surface area (Å²) in [7, 11) is 1.52. The maximum atomic E-state index is 12.6. The number of likely N-dealkylation sites (N-methyl/N-ethyl adjacent to an activating group) is 1. The molecule has 1 rings (SSSR count). The van der Waals surface area contributed by atoms with Crippen molar-refractivity contribution in [2.75, 3.05) is 7.05 Å². The van der Waals surface area contributed by atoms with Crippen LogP contribution in [0.2, 0.25) is 0 Å². The summed E-state index contributed by atoms with van der Waals surface area (Å²) in [6.45, 7) is 1.41. The molecule has 5 heteroatoms. The van der Waals surface area contributed by atoms with E-state index in [1.807, 2.05) is 0 Å². The number of rotatable bonds is 3. The summed E-state index contributed by atoms with van der Waals surface area (Å²) < 4.78 is 37.9. The number of hydrogen-bond donors (Lipinski definition) is 1. The molecule has 0 bridgehead atoms. The Morgan fingerprint density at radius 1 is 1.36 bits per heavy atom. The maximum absolute atomic E-state index is 12.6. The van der Waals surface area contributed by atoms with Crippen LogP contribution in [0.15, 0.2) is 0 Å². The lowest BCUT2D eigenvalue weighted by Gasteiger charge is -2.42. The van der Waals surface area contributed by atoms with Gasteiger partial charge >= 0.3 is 6.18 Å². The van der Waals surface area contributed by atoms with Crippen molar-refractivity contribution in [2.45, 2.75) is 50.5 Å². The van der Waals surface area contributed by atoms with Crippen molar-refractivity contribution in [3.8, 4) is 0 Å². The van der Waals surface area contributed by atoms with Gasteiger partial charge in [0.1, 0.15) is 6.04 Å². The van der Waals surface area contributed by atoms with Gasteiger partial charge in [0.05, 0.1) is 0 Å². The van der Waals surface area contributed by atoms with E-state index in [2.05, 4.69) is 0 Å². The zero-order valence-electron chi connectivity index (χ0n) is 8.51. The predicted octanol–water partition coefficient (Wildman–Crippen LogP) is 1.75. The van der Waals surface area contributed by atoms with Gasteiger partial charge in [0, 0.05) is 12.1 Å². The number of hydrogen-bond acceptors (Lipinski definition) is 2. The highest BCUT2D eigenvalue weighted by molar-refractivity contribution is 4.90. The Morgan fingerprint density at radius 2 is 1.86 bits per heavy atom. The maximum Gasteiger partial charge on any atom is 0.405 e. The second kappa shape index (κ2) is 4.06. The molecule has 2 N–H and O–H groups in total. The summed E-state index contributed by atoms with van der Waals surface area (Å²) in [5.74, 6) is 0. The van der Waals surface area contributed by atoms with E-state index in [-0.39, 0.29) is 6.04 Å². The van der Waals surface area contributed by atoms with Crippen LogP contribution in [0.4, 0.5) is 13.2 Å². The third-order valence-corrected chi connectivity index (χ3v) is 2.92. The highest BCUT2D eigenvalue weighted by atomic mass is 19.4. The molecule has 84 valence electrons. The molecule has 0 saturated heterocycles. The lowest BCUT2D eigenvalue weighted by molar-refractivity contribution is -0.193. The molecule has 0 aromatic heterocycles. The highest BCUT2D eigenvalue weighted by Gasteiger charge is 2.47. The lowest BCUT2D eigenvalue weighted by Crippen LogP contribution is -2.57. The second-order valence-electron chi connectivity index (χ2n) is 4.10. The molecular weight excluding hydrogens is 193 g/mol. The van der Waals surface area contributed by atoms with E-state index in [9.17, 15) is 13.2 Å². The van der Waals surface area contributed by atoms with Crippen LogP contribution in [0.3, 0.4) is 0 Å². The first-order valence-electron chi connectivity index (χ1n) is 4.88. The van der Waals surface area contributed by atoms with Crippen LogP contribution in [-0.2, 0) is 0 Å². The standard InChI is InChI=1S/C9H17F3N2/c1-6(13)8(9(10,11)12)14(2)7-4-3-5-7/h6-8H,3-5,13H2,1-2H3. The van der Waals surface area contributed by atoms with Gasteiger partial charge in [0.15, 0.2) is 0 Å². The van der Waals surface area contributed by atoms with E-state index in [0.717, 1.165) is 19.3 Å². The van der Waals surface area contributed by atoms with Crippen LogP contribution in [-0.4, -0.2) is 36.2 Å². The van der Waals surface area contributed by atoms with E-state index in [1.165, 1.54) is 18.9 Å². The molecule has 0 radical (unpaired) electrons. The molecule has 14 heavy (non-hydrogen) atoms. The molecule has 1 fully saturated rings. The molecule has 1 aliphatic carbocycles. The van der Waals surface area contributed by atoms with Crippen LogP contribution in [0.25, 0.3) is 0 Å². The molecule has 2 nitrogen and oxygen atoms in total. The minimum Gasteiger partial charge on any atom is -0.326 e. The van der Waals surface area contributed by atoms with Gasteiger partial charge in [-0.05, 0) is 26.8 Å². The molecule has 0 heterocycles. The molecule has 2 unspecified atom stereocenters. The molecule has 0 aliphatic heterocycles. The molecule has 0 spiro atoms. The van der Waals surface area contributed by atoms with Crippen LogP contribution >= 0.6 is 0 Å². The van der Waals surface area contributed by atoms with Gasteiger partial charge in [-0.25, -0.2) is 0 Å². The number of nitrogens with zero attached hydrogens (tertiary/aromatic N) is 1. The summed E-state index contributed by atoms with van der Waals surface area (Å²) in [5, 5.41) is 0. The molecule has 0 aromatic rings. The number of halogens is 3. The van der Waals surface area contributed by atoms with Crippen molar-refractivity contribution in [3.63, 3.8) is 0 Å². The first-order valence-corrected chi connectivity index (χ1v) is 4.88. The van der Waals surface area contributed by atoms with Gasteiger partial charge in [0.2, 0.25) is 0 Å². The topological polar surface area (TPSA) is 29.3 Å². The fourth-order valence-electron chi connectivity index (χ4n) is 1.92. The average Bonchev–Trinajstić information content (AvgIpc) is 1.75. The van der Waals surface area contributed by atoms with Crippen LogP contribution in [0, 0.1) is 0 Å². The summed E-state index contributed by atoms with van der Waals surface area (Å²) in [6, 6.07) is -2.32. The first kappa shape index (κ1) is 11.8. The Balaban J connectivity index is 2.66. The molecule has 0 aromatic carbocycles. The van der Waals surface area contributed by atoms with Crippen molar-refractivity contribution >= 4 is 0 Å². The summed E-state index contributed by atoms with van der Waals surface area (Å²) >= 11 is 0. The highest BCUT2D eigenvalue weighted by Crippen LogP contribution is 2.32. The quantitative estimate of drug-likeness (QED) is 0.769. The lowest BCUT2D eigenvalue weighted by atomic mass is 9.90. The Labute approximate surface area is 82.2 Å². The molecule has 0 amide bonds. The fraction of sp³-hybridized carbons (Fsp3) is 1.00. The number of alkyl halides is 3. The van der Waals surface area contributed by atoms with Gasteiger partial charge in [0.25, 0.3) is 0 Å². The van der Waals surface area contributed by atoms with Crippen molar-refractivity contribution in [1.29, 1.82) is 0 Å². The monoisotopic (exact) mass is 210 g/mol. The second-order valence-corrected chi connectivity index (χ2v) is 4.10. The van der Waals surface area contributed by atoms with Crippen LogP contribution in [0.5, 0.6) is 0 Å².